The molecule has 0 saturated carbocycles. The minimum atomic E-state index is -5.02. The van der Waals surface area contributed by atoms with Crippen LogP contribution in [0, 0.1) is 11.7 Å². The van der Waals surface area contributed by atoms with Crippen LogP contribution in [0.2, 0.25) is 5.02 Å². The normalized spacial score (nSPS) is 13.5. The average Bonchev–Trinajstić information content (AvgIpc) is 2.76. The molecule has 0 N–H and O–H groups in total. The minimum absolute atomic E-state index is 0.00949. The van der Waals surface area contributed by atoms with E-state index in [0.29, 0.717) is 17.8 Å². The van der Waals surface area contributed by atoms with E-state index in [4.69, 9.17) is 16.3 Å². The highest BCUT2D eigenvalue weighted by molar-refractivity contribution is 8.01. The van der Waals surface area contributed by atoms with Crippen LogP contribution >= 0.6 is 23.4 Å². The molecule has 0 saturated heterocycles. The fourth-order valence-electron chi connectivity index (χ4n) is 3.72. The summed E-state index contributed by atoms with van der Waals surface area (Å²) in [5.74, 6) is -3.61. The van der Waals surface area contributed by atoms with Crippen LogP contribution in [-0.2, 0) is 27.5 Å². The quantitative estimate of drug-likeness (QED) is 0.246. The molecule has 14 heteroatoms. The summed E-state index contributed by atoms with van der Waals surface area (Å²) in [6.07, 6.45) is -5.56. The van der Waals surface area contributed by atoms with Crippen LogP contribution in [0.4, 0.5) is 17.6 Å². The van der Waals surface area contributed by atoms with E-state index in [9.17, 15) is 41.8 Å². The lowest BCUT2D eigenvalue weighted by molar-refractivity contribution is -0.309. The third kappa shape index (κ3) is 6.95. The summed E-state index contributed by atoms with van der Waals surface area (Å²) in [6, 6.07) is 1.76. The Bertz CT molecular complexity index is 1310. The number of rotatable bonds is 10. The Hall–Kier alpha value is -2.80. The molecule has 0 aliphatic rings. The molecule has 2 rings (SSSR count). The van der Waals surface area contributed by atoms with Gasteiger partial charge in [-0.1, -0.05) is 25.4 Å². The van der Waals surface area contributed by atoms with E-state index < -0.39 is 51.3 Å². The van der Waals surface area contributed by atoms with Gasteiger partial charge in [0.15, 0.2) is 0 Å². The van der Waals surface area contributed by atoms with E-state index in [2.05, 4.69) is 0 Å². The highest BCUT2D eigenvalue weighted by atomic mass is 35.5. The van der Waals surface area contributed by atoms with E-state index >= 15 is 0 Å². The first-order valence-corrected chi connectivity index (χ1v) is 12.2. The number of aromatic nitrogens is 2. The van der Waals surface area contributed by atoms with Crippen LogP contribution in [0.5, 0.6) is 0 Å². The van der Waals surface area contributed by atoms with Crippen LogP contribution in [0.25, 0.3) is 5.69 Å². The second-order valence-electron chi connectivity index (χ2n) is 8.56. The van der Waals surface area contributed by atoms with Gasteiger partial charge in [0.2, 0.25) is 0 Å². The van der Waals surface area contributed by atoms with Crippen molar-refractivity contribution in [2.75, 3.05) is 6.61 Å². The van der Waals surface area contributed by atoms with Crippen molar-refractivity contribution in [1.82, 2.24) is 9.13 Å². The number of thioether (sulfide) groups is 1. The molecule has 2 aromatic rings. The number of hydrogen-bond donors (Lipinski definition) is 0. The van der Waals surface area contributed by atoms with Gasteiger partial charge < -0.3 is 14.6 Å². The van der Waals surface area contributed by atoms with Crippen molar-refractivity contribution in [2.45, 2.75) is 55.9 Å². The first-order valence-electron chi connectivity index (χ1n) is 11.0. The van der Waals surface area contributed by atoms with Gasteiger partial charge in [-0.3, -0.25) is 14.2 Å². The SMILES string of the molecule is CCOC(=O)CCC(CC(C)C)(Sc1cc(-n2c(=O)cc(C(F)(F)F)n(C)c2=O)c(F)cc1Cl)C(=O)[O-]. The summed E-state index contributed by atoms with van der Waals surface area (Å²) < 4.78 is 57.9. The number of hydrogen-bond acceptors (Lipinski definition) is 7. The lowest BCUT2D eigenvalue weighted by Gasteiger charge is -2.36. The Morgan fingerprint density at radius 2 is 1.81 bits per heavy atom. The molecule has 0 amide bonds. The molecular weight excluding hydrogens is 544 g/mol. The topological polar surface area (TPSA) is 110 Å². The standard InChI is InChI=1S/C23H25ClF4N2O6S/c1-5-36-19(32)6-7-22(20(33)34,11-12(2)3)37-16-9-15(14(25)8-13(16)24)30-18(31)10-17(23(26,27)28)29(4)21(30)35/h8-10,12H,5-7,11H2,1-4H3,(H,33,34)/p-1. The van der Waals surface area contributed by atoms with Crippen molar-refractivity contribution in [3.63, 3.8) is 0 Å². The number of aliphatic carboxylic acids is 1. The van der Waals surface area contributed by atoms with Gasteiger partial charge >= 0.3 is 17.8 Å². The summed E-state index contributed by atoms with van der Waals surface area (Å²) >= 11 is 6.79. The summed E-state index contributed by atoms with van der Waals surface area (Å²) in [7, 11) is 0.768. The number of halogens is 5. The Morgan fingerprint density at radius 1 is 1.19 bits per heavy atom. The van der Waals surface area contributed by atoms with E-state index in [1.807, 2.05) is 0 Å². The van der Waals surface area contributed by atoms with Crippen molar-refractivity contribution in [3.05, 3.63) is 55.6 Å². The third-order valence-electron chi connectivity index (χ3n) is 5.31. The van der Waals surface area contributed by atoms with Gasteiger partial charge in [-0.25, -0.2) is 13.8 Å². The fourth-order valence-corrected chi connectivity index (χ4v) is 5.43. The zero-order valence-corrected chi connectivity index (χ0v) is 21.9. The number of alkyl halides is 3. The maximum atomic E-state index is 14.9. The van der Waals surface area contributed by atoms with Gasteiger partial charge in [0.05, 0.1) is 28.0 Å². The number of carboxylic acids is 1. The molecule has 0 radical (unpaired) electrons. The first kappa shape index (κ1) is 30.4. The van der Waals surface area contributed by atoms with Crippen molar-refractivity contribution in [3.8, 4) is 5.69 Å². The monoisotopic (exact) mass is 567 g/mol. The maximum Gasteiger partial charge on any atom is 0.431 e. The molecule has 1 heterocycles. The molecule has 0 aliphatic heterocycles. The molecule has 1 aromatic heterocycles. The Morgan fingerprint density at radius 3 is 2.32 bits per heavy atom. The van der Waals surface area contributed by atoms with Crippen LogP contribution < -0.4 is 16.4 Å². The smallest absolute Gasteiger partial charge is 0.431 e. The predicted molar refractivity (Wildman–Crippen MR) is 126 cm³/mol. The molecule has 8 nitrogen and oxygen atoms in total. The maximum absolute atomic E-state index is 14.9. The largest absolute Gasteiger partial charge is 0.549 e. The van der Waals surface area contributed by atoms with Gasteiger partial charge in [0.1, 0.15) is 11.5 Å². The van der Waals surface area contributed by atoms with Gasteiger partial charge in [0, 0.05) is 24.4 Å². The number of ether oxygens (including phenoxy) is 1. The Balaban J connectivity index is 2.69. The highest BCUT2D eigenvalue weighted by Gasteiger charge is 2.37. The van der Waals surface area contributed by atoms with E-state index in [1.165, 1.54) is 0 Å². The van der Waals surface area contributed by atoms with Crippen LogP contribution in [-0.4, -0.2) is 32.4 Å². The molecule has 0 aliphatic carbocycles. The third-order valence-corrected chi connectivity index (χ3v) is 7.22. The average molecular weight is 568 g/mol. The van der Waals surface area contributed by atoms with Crippen molar-refractivity contribution >= 4 is 35.3 Å². The lowest BCUT2D eigenvalue weighted by Crippen LogP contribution is -2.47. The predicted octanol–water partition coefficient (Wildman–Crippen LogP) is 3.32. The molecule has 37 heavy (non-hydrogen) atoms. The molecule has 1 aromatic carbocycles. The summed E-state index contributed by atoms with van der Waals surface area (Å²) in [5.41, 5.74) is -5.20. The summed E-state index contributed by atoms with van der Waals surface area (Å²) in [4.78, 5) is 49.3. The second-order valence-corrected chi connectivity index (χ2v) is 10.4. The molecule has 0 bridgehead atoms. The van der Waals surface area contributed by atoms with E-state index in [-0.39, 0.29) is 56.9 Å². The minimum Gasteiger partial charge on any atom is -0.549 e. The van der Waals surface area contributed by atoms with Crippen LogP contribution in [0.3, 0.4) is 0 Å². The molecule has 0 fully saturated rings. The van der Waals surface area contributed by atoms with Crippen LogP contribution in [0.1, 0.15) is 45.7 Å². The number of benzene rings is 1. The van der Waals surface area contributed by atoms with Gasteiger partial charge in [0.25, 0.3) is 5.56 Å². The number of carbonyl (C=O) groups excluding carboxylic acids is 2. The number of nitrogens with zero attached hydrogens (tertiary/aromatic N) is 2. The summed E-state index contributed by atoms with van der Waals surface area (Å²) in [5, 5.41) is 12.0. The van der Waals surface area contributed by atoms with Crippen molar-refractivity contribution < 1.29 is 37.0 Å². The molecule has 204 valence electrons. The first-order chi connectivity index (χ1) is 17.0. The summed E-state index contributed by atoms with van der Waals surface area (Å²) in [6.45, 7) is 5.12. The fraction of sp³-hybridized carbons (Fsp3) is 0.478. The number of carbonyl (C=O) groups is 2. The zero-order chi connectivity index (χ0) is 28.3. The van der Waals surface area contributed by atoms with Crippen LogP contribution in [0.15, 0.2) is 32.7 Å². The van der Waals surface area contributed by atoms with Crippen molar-refractivity contribution in [1.29, 1.82) is 0 Å². The van der Waals surface area contributed by atoms with E-state index in [0.717, 1.165) is 13.1 Å². The lowest BCUT2D eigenvalue weighted by atomic mass is 9.92. The second kappa shape index (κ2) is 11.7. The van der Waals surface area contributed by atoms with Gasteiger partial charge in [-0.15, -0.1) is 11.8 Å². The van der Waals surface area contributed by atoms with Gasteiger partial charge in [-0.05, 0) is 37.8 Å². The number of esters is 1. The zero-order valence-electron chi connectivity index (χ0n) is 20.3. The Kier molecular flexibility index (Phi) is 9.64. The number of carboxylic acid groups (broad SMARTS) is 1. The highest BCUT2D eigenvalue weighted by Crippen LogP contribution is 2.44. The van der Waals surface area contributed by atoms with Gasteiger partial charge in [-0.2, -0.15) is 13.2 Å². The molecular formula is C23H24ClF4N2O6S-. The molecule has 1 unspecified atom stereocenters. The molecule has 1 atom stereocenters. The van der Waals surface area contributed by atoms with E-state index in [1.54, 1.807) is 20.8 Å². The van der Waals surface area contributed by atoms with Crippen molar-refractivity contribution in [2.24, 2.45) is 13.0 Å². The Labute approximate surface area is 218 Å². The molecule has 0 spiro atoms.